The molecule has 4 heterocycles. The first-order valence-corrected chi connectivity index (χ1v) is 31.4. The van der Waals surface area contributed by atoms with Crippen molar-refractivity contribution in [3.63, 3.8) is 0 Å². The van der Waals surface area contributed by atoms with Gasteiger partial charge < -0.3 is 9.47 Å². The number of unbranched alkanes of at least 4 members (excludes halogenated alkanes) is 23. The lowest BCUT2D eigenvalue weighted by molar-refractivity contribution is 0.0716. The molecule has 0 atom stereocenters. The molecule has 430 valence electrons. The van der Waals surface area contributed by atoms with Crippen molar-refractivity contribution >= 4 is 34.6 Å². The van der Waals surface area contributed by atoms with Gasteiger partial charge in [0.1, 0.15) is 9.75 Å². The van der Waals surface area contributed by atoms with Crippen LogP contribution >= 0.6 is 22.7 Å². The first kappa shape index (κ1) is 64.5. The van der Waals surface area contributed by atoms with Gasteiger partial charge in [-0.15, -0.1) is 22.7 Å². The maximum absolute atomic E-state index is 14.9. The fourth-order valence-electron chi connectivity index (χ4n) is 9.28. The van der Waals surface area contributed by atoms with Gasteiger partial charge in [-0.25, -0.2) is 47.1 Å². The number of hydrogen-bond acceptors (Lipinski definition) is 10. The maximum atomic E-state index is 14.9. The third-order valence-corrected chi connectivity index (χ3v) is 16.2. The van der Waals surface area contributed by atoms with Crippen molar-refractivity contribution in [3.8, 4) is 34.3 Å². The van der Waals surface area contributed by atoms with E-state index in [4.69, 9.17) is 9.47 Å². The van der Waals surface area contributed by atoms with Crippen LogP contribution in [0, 0.1) is 23.3 Å². The SMILES string of the molecule is CCCCCCCCCCCCCCc1ccc(C(=O)Oc2c(F)cc(-c3ncc(CCCCCCCCCC)cn3)cc2F)s1.CCCCCCc1cnc(-c2cc(F)c(OC(=O)c3ccc(CCCCC)s3)c(F)c2)nc1. The Bertz CT molecular complexity index is 2630. The van der Waals surface area contributed by atoms with E-state index in [-0.39, 0.29) is 22.8 Å². The number of ether oxygens (including phenoxy) is 2. The Balaban J connectivity index is 0.000000306. The van der Waals surface area contributed by atoms with E-state index >= 15 is 0 Å². The van der Waals surface area contributed by atoms with E-state index < -0.39 is 46.7 Å². The summed E-state index contributed by atoms with van der Waals surface area (Å²) >= 11 is 2.62. The Hall–Kier alpha value is -5.34. The Morgan fingerprint density at radius 2 is 0.646 bits per heavy atom. The van der Waals surface area contributed by atoms with E-state index in [0.717, 1.165) is 116 Å². The third-order valence-electron chi connectivity index (χ3n) is 14.0. The van der Waals surface area contributed by atoms with Crippen LogP contribution in [0.25, 0.3) is 22.8 Å². The molecule has 14 heteroatoms. The van der Waals surface area contributed by atoms with Crippen molar-refractivity contribution in [2.75, 3.05) is 0 Å². The summed E-state index contributed by atoms with van der Waals surface area (Å²) in [6.07, 6.45) is 43.8. The summed E-state index contributed by atoms with van der Waals surface area (Å²) in [4.78, 5) is 45.1. The van der Waals surface area contributed by atoms with Crippen LogP contribution in [0.15, 0.2) is 73.3 Å². The predicted octanol–water partition coefficient (Wildman–Crippen LogP) is 20.2. The fourth-order valence-corrected chi connectivity index (χ4v) is 11.1. The van der Waals surface area contributed by atoms with Crippen LogP contribution in [0.1, 0.15) is 241 Å². The summed E-state index contributed by atoms with van der Waals surface area (Å²) in [5.74, 6) is -6.32. The molecule has 8 nitrogen and oxygen atoms in total. The van der Waals surface area contributed by atoms with Crippen LogP contribution in [0.5, 0.6) is 11.5 Å². The molecule has 0 radical (unpaired) electrons. The first-order valence-electron chi connectivity index (χ1n) is 29.8. The molecule has 0 saturated carbocycles. The molecule has 6 rings (SSSR count). The minimum atomic E-state index is -0.967. The number of esters is 2. The van der Waals surface area contributed by atoms with Gasteiger partial charge in [0.15, 0.2) is 34.9 Å². The summed E-state index contributed by atoms with van der Waals surface area (Å²) in [7, 11) is 0. The summed E-state index contributed by atoms with van der Waals surface area (Å²) in [6.45, 7) is 8.77. The normalized spacial score (nSPS) is 11.2. The maximum Gasteiger partial charge on any atom is 0.353 e. The number of rotatable bonds is 37. The topological polar surface area (TPSA) is 104 Å². The molecule has 79 heavy (non-hydrogen) atoms. The highest BCUT2D eigenvalue weighted by molar-refractivity contribution is 7.14. The van der Waals surface area contributed by atoms with Gasteiger partial charge in [-0.1, -0.05) is 175 Å². The standard InChI is InChI=1S/C39H56F2N2O2S.C26H30F2N2O2S/c1-3-5-7-9-11-13-14-15-16-18-20-22-24-33-25-26-36(46-33)39(44)45-37-34(40)27-32(28-35(37)41)38-42-29-31(30-43-38)23-21-19-17-12-10-8-6-4-2;1-3-5-7-9-10-18-16-29-25(30-17-18)19-14-21(27)24(22(28)15-19)32-26(31)23-13-12-20(33-23)11-8-6-4-2/h25-30H,3-24H2,1-2H3;12-17H,3-11H2,1-2H3. The van der Waals surface area contributed by atoms with Crippen molar-refractivity contribution in [2.24, 2.45) is 0 Å². The molecule has 0 unspecified atom stereocenters. The van der Waals surface area contributed by atoms with Crippen molar-refractivity contribution in [1.29, 1.82) is 0 Å². The van der Waals surface area contributed by atoms with Crippen LogP contribution in [0.3, 0.4) is 0 Å². The lowest BCUT2D eigenvalue weighted by Crippen LogP contribution is -2.09. The minimum absolute atomic E-state index is 0.191. The summed E-state index contributed by atoms with van der Waals surface area (Å²) in [6, 6.07) is 11.5. The molecule has 0 amide bonds. The third kappa shape index (κ3) is 23.7. The minimum Gasteiger partial charge on any atom is -0.416 e. The molecule has 0 saturated heterocycles. The molecule has 0 bridgehead atoms. The van der Waals surface area contributed by atoms with Crippen molar-refractivity contribution in [1.82, 2.24) is 19.9 Å². The number of halogens is 4. The Labute approximate surface area is 477 Å². The number of aromatic nitrogens is 4. The van der Waals surface area contributed by atoms with Gasteiger partial charge in [-0.2, -0.15) is 0 Å². The highest BCUT2D eigenvalue weighted by Crippen LogP contribution is 2.32. The lowest BCUT2D eigenvalue weighted by Gasteiger charge is -2.08. The first-order chi connectivity index (χ1) is 38.5. The largest absolute Gasteiger partial charge is 0.416 e. The van der Waals surface area contributed by atoms with Crippen LogP contribution in [0.2, 0.25) is 0 Å². The van der Waals surface area contributed by atoms with Gasteiger partial charge in [0.25, 0.3) is 0 Å². The Morgan fingerprint density at radius 1 is 0.380 bits per heavy atom. The number of thiophene rings is 2. The molecule has 2 aromatic carbocycles. The molecule has 6 aromatic rings. The van der Waals surface area contributed by atoms with E-state index in [1.54, 1.807) is 36.9 Å². The quantitative estimate of drug-likeness (QED) is 0.0164. The number of carbonyl (C=O) groups is 2. The number of benzene rings is 2. The molecule has 0 spiro atoms. The summed E-state index contributed by atoms with van der Waals surface area (Å²) in [5.41, 5.74) is 2.40. The summed E-state index contributed by atoms with van der Waals surface area (Å²) in [5, 5.41) is 0. The average Bonchev–Trinajstić information content (AvgIpc) is 4.14. The summed E-state index contributed by atoms with van der Waals surface area (Å²) < 4.78 is 69.3. The molecule has 0 aliphatic heterocycles. The van der Waals surface area contributed by atoms with Gasteiger partial charge >= 0.3 is 11.9 Å². The van der Waals surface area contributed by atoms with Crippen molar-refractivity contribution in [2.45, 2.75) is 227 Å². The lowest BCUT2D eigenvalue weighted by atomic mass is 10.0. The van der Waals surface area contributed by atoms with E-state index in [0.29, 0.717) is 9.75 Å². The number of carbonyl (C=O) groups excluding carboxylic acids is 2. The van der Waals surface area contributed by atoms with Crippen LogP contribution in [0.4, 0.5) is 17.6 Å². The predicted molar refractivity (Wildman–Crippen MR) is 315 cm³/mol. The van der Waals surface area contributed by atoms with Crippen molar-refractivity contribution in [3.05, 3.63) is 127 Å². The van der Waals surface area contributed by atoms with Gasteiger partial charge in [0.05, 0.1) is 0 Å². The second-order valence-electron chi connectivity index (χ2n) is 20.8. The number of hydrogen-bond donors (Lipinski definition) is 0. The van der Waals surface area contributed by atoms with Crippen molar-refractivity contribution < 1.29 is 36.6 Å². The molecular formula is C65H86F4N4O4S2. The van der Waals surface area contributed by atoms with Gasteiger partial charge in [0.2, 0.25) is 11.5 Å². The van der Waals surface area contributed by atoms with Gasteiger partial charge in [-0.3, -0.25) is 0 Å². The van der Waals surface area contributed by atoms with E-state index in [1.807, 2.05) is 12.1 Å². The number of nitrogens with zero attached hydrogens (tertiary/aromatic N) is 4. The second kappa shape index (κ2) is 37.6. The number of aryl methyl sites for hydroxylation is 4. The molecule has 0 aliphatic carbocycles. The van der Waals surface area contributed by atoms with Crippen LogP contribution in [-0.4, -0.2) is 31.9 Å². The fraction of sp³-hybridized carbons (Fsp3) is 0.538. The molecule has 4 aromatic heterocycles. The zero-order valence-electron chi connectivity index (χ0n) is 47.6. The van der Waals surface area contributed by atoms with Gasteiger partial charge in [0, 0.05) is 45.7 Å². The van der Waals surface area contributed by atoms with Crippen LogP contribution in [-0.2, 0) is 25.7 Å². The Morgan fingerprint density at radius 3 is 0.975 bits per heavy atom. The average molecular weight is 1130 g/mol. The zero-order valence-corrected chi connectivity index (χ0v) is 49.2. The monoisotopic (exact) mass is 1130 g/mol. The van der Waals surface area contributed by atoms with E-state index in [9.17, 15) is 27.2 Å². The molecule has 0 fully saturated rings. The van der Waals surface area contributed by atoms with E-state index in [2.05, 4.69) is 47.6 Å². The molecular weight excluding hydrogens is 1040 g/mol. The van der Waals surface area contributed by atoms with Crippen LogP contribution < -0.4 is 9.47 Å². The highest BCUT2D eigenvalue weighted by atomic mass is 32.1. The molecule has 0 N–H and O–H groups in total. The zero-order chi connectivity index (χ0) is 56.5. The second-order valence-corrected chi connectivity index (χ2v) is 23.1. The highest BCUT2D eigenvalue weighted by Gasteiger charge is 2.22. The van der Waals surface area contributed by atoms with Gasteiger partial charge in [-0.05, 0) is 111 Å². The Kier molecular flexibility index (Phi) is 30.7. The smallest absolute Gasteiger partial charge is 0.353 e. The molecule has 0 aliphatic rings. The van der Waals surface area contributed by atoms with E-state index in [1.165, 1.54) is 151 Å².